The molecule has 1 saturated carbocycles. The molecule has 1 amide bonds. The Hall–Kier alpha value is -2.00. The Morgan fingerprint density at radius 3 is 2.78 bits per heavy atom. The molecule has 0 aliphatic heterocycles. The maximum absolute atomic E-state index is 12.0. The van der Waals surface area contributed by atoms with Crippen molar-refractivity contribution in [1.29, 1.82) is 0 Å². The van der Waals surface area contributed by atoms with Crippen LogP contribution in [0.1, 0.15) is 25.3 Å². The van der Waals surface area contributed by atoms with Crippen LogP contribution >= 0.6 is 23.1 Å². The lowest BCUT2D eigenvalue weighted by atomic mass is 10.1. The Balaban J connectivity index is 1.46. The molecule has 0 unspecified atom stereocenters. The molecule has 1 aromatic heterocycles. The van der Waals surface area contributed by atoms with Crippen molar-refractivity contribution in [1.82, 2.24) is 15.5 Å². The van der Waals surface area contributed by atoms with Gasteiger partial charge in [-0.15, -0.1) is 10.2 Å². The number of methoxy groups -OCH3 is 2. The second-order valence-corrected chi connectivity index (χ2v) is 8.85. The Morgan fingerprint density at radius 1 is 1.30 bits per heavy atom. The fourth-order valence-corrected chi connectivity index (χ4v) is 4.36. The van der Waals surface area contributed by atoms with Crippen LogP contribution in [-0.2, 0) is 11.2 Å². The Morgan fingerprint density at radius 2 is 2.07 bits per heavy atom. The van der Waals surface area contributed by atoms with Gasteiger partial charge >= 0.3 is 0 Å². The lowest BCUT2D eigenvalue weighted by Gasteiger charge is -2.09. The minimum atomic E-state index is -0.168. The third kappa shape index (κ3) is 5.74. The molecule has 2 N–H and O–H groups in total. The predicted octanol–water partition coefficient (Wildman–Crippen LogP) is 2.97. The number of benzene rings is 1. The van der Waals surface area contributed by atoms with Gasteiger partial charge in [-0.1, -0.05) is 29.2 Å². The Kier molecular flexibility index (Phi) is 6.78. The number of nitrogens with zero attached hydrogens (tertiary/aromatic N) is 2. The van der Waals surface area contributed by atoms with E-state index in [4.69, 9.17) is 9.47 Å². The fraction of sp³-hybridized carbons (Fsp3) is 0.500. The highest BCUT2D eigenvalue weighted by atomic mass is 32.2. The molecule has 1 aliphatic rings. The summed E-state index contributed by atoms with van der Waals surface area (Å²) in [5, 5.41) is 15.2. The van der Waals surface area contributed by atoms with Gasteiger partial charge in [-0.2, -0.15) is 0 Å². The summed E-state index contributed by atoms with van der Waals surface area (Å²) >= 11 is 2.91. The van der Waals surface area contributed by atoms with Gasteiger partial charge in [0.05, 0.1) is 19.5 Å². The molecule has 1 atom stereocenters. The number of hydrogen-bond acceptors (Lipinski definition) is 8. The number of anilines is 1. The largest absolute Gasteiger partial charge is 0.493 e. The number of carbonyl (C=O) groups is 1. The van der Waals surface area contributed by atoms with Gasteiger partial charge in [-0.25, -0.2) is 0 Å². The van der Waals surface area contributed by atoms with Crippen LogP contribution in [0.2, 0.25) is 0 Å². The van der Waals surface area contributed by atoms with Crippen LogP contribution in [-0.4, -0.2) is 48.2 Å². The second kappa shape index (κ2) is 9.27. The minimum Gasteiger partial charge on any atom is -0.493 e. The Bertz CT molecular complexity index is 780. The SMILES string of the molecule is COc1ccc(CCNc2nnc(S[C@H](C)C(=O)NC3CC3)s2)cc1OC. The van der Waals surface area contributed by atoms with Crippen LogP contribution in [0.3, 0.4) is 0 Å². The van der Waals surface area contributed by atoms with E-state index < -0.39 is 0 Å². The van der Waals surface area contributed by atoms with Crippen molar-refractivity contribution < 1.29 is 14.3 Å². The van der Waals surface area contributed by atoms with E-state index in [-0.39, 0.29) is 11.2 Å². The van der Waals surface area contributed by atoms with Gasteiger partial charge in [0.15, 0.2) is 15.8 Å². The van der Waals surface area contributed by atoms with Crippen molar-refractivity contribution in [2.24, 2.45) is 0 Å². The topological polar surface area (TPSA) is 85.4 Å². The van der Waals surface area contributed by atoms with Crippen LogP contribution in [0.5, 0.6) is 11.5 Å². The average Bonchev–Trinajstić information content (AvgIpc) is 3.38. The maximum atomic E-state index is 12.0. The number of hydrogen-bond donors (Lipinski definition) is 2. The van der Waals surface area contributed by atoms with E-state index >= 15 is 0 Å². The lowest BCUT2D eigenvalue weighted by molar-refractivity contribution is -0.120. The van der Waals surface area contributed by atoms with Crippen molar-refractivity contribution >= 4 is 34.1 Å². The van der Waals surface area contributed by atoms with E-state index in [1.807, 2.05) is 25.1 Å². The van der Waals surface area contributed by atoms with Gasteiger partial charge in [0.25, 0.3) is 0 Å². The first-order valence-corrected chi connectivity index (χ1v) is 10.5. The number of nitrogens with one attached hydrogen (secondary N) is 2. The summed E-state index contributed by atoms with van der Waals surface area (Å²) in [5.41, 5.74) is 1.14. The summed E-state index contributed by atoms with van der Waals surface area (Å²) in [6.45, 7) is 2.63. The molecule has 146 valence electrons. The zero-order valence-electron chi connectivity index (χ0n) is 15.7. The number of rotatable bonds is 10. The lowest BCUT2D eigenvalue weighted by Crippen LogP contribution is -2.32. The predicted molar refractivity (Wildman–Crippen MR) is 108 cm³/mol. The zero-order chi connectivity index (χ0) is 19.2. The first-order valence-electron chi connectivity index (χ1n) is 8.84. The number of thioether (sulfide) groups is 1. The van der Waals surface area contributed by atoms with Crippen molar-refractivity contribution in [3.8, 4) is 11.5 Å². The molecular weight excluding hydrogens is 384 g/mol. The van der Waals surface area contributed by atoms with Crippen LogP contribution in [0.25, 0.3) is 0 Å². The molecule has 7 nitrogen and oxygen atoms in total. The average molecular weight is 409 g/mol. The first-order chi connectivity index (χ1) is 13.1. The van der Waals surface area contributed by atoms with Crippen molar-refractivity contribution in [3.05, 3.63) is 23.8 Å². The van der Waals surface area contributed by atoms with E-state index in [1.54, 1.807) is 14.2 Å². The highest BCUT2D eigenvalue weighted by molar-refractivity contribution is 8.02. The number of aromatic nitrogens is 2. The number of amides is 1. The quantitative estimate of drug-likeness (QED) is 0.585. The minimum absolute atomic E-state index is 0.0701. The van der Waals surface area contributed by atoms with Gasteiger partial charge in [0, 0.05) is 12.6 Å². The molecule has 1 aliphatic carbocycles. The molecule has 1 fully saturated rings. The van der Waals surface area contributed by atoms with E-state index in [0.29, 0.717) is 6.04 Å². The summed E-state index contributed by atoms with van der Waals surface area (Å²) in [5.74, 6) is 1.52. The molecule has 27 heavy (non-hydrogen) atoms. The van der Waals surface area contributed by atoms with E-state index in [0.717, 1.165) is 52.3 Å². The van der Waals surface area contributed by atoms with Gasteiger partial charge in [-0.05, 0) is 43.9 Å². The van der Waals surface area contributed by atoms with Crippen LogP contribution in [0.4, 0.5) is 5.13 Å². The van der Waals surface area contributed by atoms with Gasteiger partial charge in [0.2, 0.25) is 11.0 Å². The molecule has 1 aromatic carbocycles. The maximum Gasteiger partial charge on any atom is 0.233 e. The molecule has 1 heterocycles. The van der Waals surface area contributed by atoms with Crippen molar-refractivity contribution in [3.63, 3.8) is 0 Å². The molecule has 9 heteroatoms. The third-order valence-corrected chi connectivity index (χ3v) is 6.18. The molecule has 0 spiro atoms. The number of carbonyl (C=O) groups excluding carboxylic acids is 1. The normalized spacial score (nSPS) is 14.5. The van der Waals surface area contributed by atoms with E-state index in [9.17, 15) is 4.79 Å². The monoisotopic (exact) mass is 408 g/mol. The highest BCUT2D eigenvalue weighted by Gasteiger charge is 2.26. The van der Waals surface area contributed by atoms with Crippen LogP contribution in [0, 0.1) is 0 Å². The van der Waals surface area contributed by atoms with Crippen molar-refractivity contribution in [2.75, 3.05) is 26.1 Å². The van der Waals surface area contributed by atoms with Crippen molar-refractivity contribution in [2.45, 2.75) is 41.8 Å². The molecule has 0 bridgehead atoms. The molecular formula is C18H24N4O3S2. The standard InChI is InChI=1S/C18H24N4O3S2/c1-11(16(23)20-13-5-6-13)26-18-22-21-17(27-18)19-9-8-12-4-7-14(24-2)15(10-12)25-3/h4,7,10-11,13H,5-6,8-9H2,1-3H3,(H,19,21)(H,20,23)/t11-/m1/s1. The summed E-state index contributed by atoms with van der Waals surface area (Å²) in [4.78, 5) is 12.0. The highest BCUT2D eigenvalue weighted by Crippen LogP contribution is 2.30. The molecule has 0 saturated heterocycles. The van der Waals surface area contributed by atoms with Gasteiger partial charge < -0.3 is 20.1 Å². The second-order valence-electron chi connectivity index (χ2n) is 6.28. The van der Waals surface area contributed by atoms with E-state index in [2.05, 4.69) is 20.8 Å². The Labute approximate surface area is 167 Å². The van der Waals surface area contributed by atoms with Crippen LogP contribution in [0.15, 0.2) is 22.5 Å². The third-order valence-electron chi connectivity index (χ3n) is 4.11. The summed E-state index contributed by atoms with van der Waals surface area (Å²) in [6, 6.07) is 6.28. The summed E-state index contributed by atoms with van der Waals surface area (Å²) in [7, 11) is 3.26. The smallest absolute Gasteiger partial charge is 0.233 e. The van der Waals surface area contributed by atoms with E-state index in [1.165, 1.54) is 23.1 Å². The molecule has 0 radical (unpaired) electrons. The molecule has 2 aromatic rings. The fourth-order valence-electron chi connectivity index (χ4n) is 2.43. The summed E-state index contributed by atoms with van der Waals surface area (Å²) in [6.07, 6.45) is 3.01. The number of ether oxygens (including phenoxy) is 2. The first kappa shape index (κ1) is 19.8. The zero-order valence-corrected chi connectivity index (χ0v) is 17.3. The van der Waals surface area contributed by atoms with Crippen LogP contribution < -0.4 is 20.1 Å². The van der Waals surface area contributed by atoms with Gasteiger partial charge in [-0.3, -0.25) is 4.79 Å². The molecule has 3 rings (SSSR count). The summed E-state index contributed by atoms with van der Waals surface area (Å²) < 4.78 is 11.4. The van der Waals surface area contributed by atoms with Gasteiger partial charge in [0.1, 0.15) is 0 Å².